The number of aliphatic hydroxyl groups excluding tert-OH is 5. The standard InChI is InChI=1S/C12H19Cl3O8/c13-1-4-7(17)10(20)12(3-14,22-4)23-11-9(19)8(18)6(15)5(2-16)21-11/h4-11,16-20H,1-3H2/t4-,5?,6+,7-,8+,9?,10-,11-,12-/m1/s1. The lowest BCUT2D eigenvalue weighted by molar-refractivity contribution is -0.357. The Hall–Kier alpha value is 0.550. The van der Waals surface area contributed by atoms with E-state index in [1.165, 1.54) is 0 Å². The van der Waals surface area contributed by atoms with Crippen LogP contribution in [0.1, 0.15) is 0 Å². The zero-order chi connectivity index (χ0) is 17.4. The second-order valence-corrected chi connectivity index (χ2v) is 6.54. The van der Waals surface area contributed by atoms with Gasteiger partial charge in [0.15, 0.2) is 6.29 Å². The molecule has 2 heterocycles. The van der Waals surface area contributed by atoms with Crippen molar-refractivity contribution in [2.24, 2.45) is 0 Å². The van der Waals surface area contributed by atoms with Crippen molar-refractivity contribution >= 4 is 34.8 Å². The van der Waals surface area contributed by atoms with Crippen LogP contribution >= 0.6 is 34.8 Å². The van der Waals surface area contributed by atoms with Gasteiger partial charge in [0.25, 0.3) is 0 Å². The number of rotatable bonds is 5. The highest BCUT2D eigenvalue weighted by atomic mass is 35.5. The Balaban J connectivity index is 2.18. The van der Waals surface area contributed by atoms with Gasteiger partial charge in [-0.1, -0.05) is 0 Å². The van der Waals surface area contributed by atoms with E-state index in [0.717, 1.165) is 0 Å². The fourth-order valence-corrected chi connectivity index (χ4v) is 3.37. The Morgan fingerprint density at radius 3 is 2.13 bits per heavy atom. The summed E-state index contributed by atoms with van der Waals surface area (Å²) in [7, 11) is 0. The summed E-state index contributed by atoms with van der Waals surface area (Å²) in [6.45, 7) is -0.526. The smallest absolute Gasteiger partial charge is 0.214 e. The lowest BCUT2D eigenvalue weighted by Crippen LogP contribution is -2.61. The summed E-state index contributed by atoms with van der Waals surface area (Å²) in [5.74, 6) is -2.43. The summed E-state index contributed by atoms with van der Waals surface area (Å²) < 4.78 is 16.1. The van der Waals surface area contributed by atoms with E-state index in [1.54, 1.807) is 0 Å². The van der Waals surface area contributed by atoms with Crippen molar-refractivity contribution in [3.05, 3.63) is 0 Å². The van der Waals surface area contributed by atoms with Gasteiger partial charge in [0, 0.05) is 0 Å². The van der Waals surface area contributed by atoms with Gasteiger partial charge in [-0.25, -0.2) is 0 Å². The maximum absolute atomic E-state index is 10.1. The Bertz CT molecular complexity index is 403. The van der Waals surface area contributed by atoms with Crippen molar-refractivity contribution in [3.63, 3.8) is 0 Å². The third-order valence-corrected chi connectivity index (χ3v) is 5.17. The van der Waals surface area contributed by atoms with Gasteiger partial charge in [-0.05, 0) is 0 Å². The molecule has 2 aliphatic rings. The molecule has 2 unspecified atom stereocenters. The van der Waals surface area contributed by atoms with Crippen LogP contribution in [0.15, 0.2) is 0 Å². The van der Waals surface area contributed by atoms with Gasteiger partial charge >= 0.3 is 0 Å². The van der Waals surface area contributed by atoms with Gasteiger partial charge in [0.2, 0.25) is 5.79 Å². The van der Waals surface area contributed by atoms with Crippen molar-refractivity contribution in [3.8, 4) is 0 Å². The minimum atomic E-state index is -1.90. The highest BCUT2D eigenvalue weighted by Gasteiger charge is 2.58. The Kier molecular flexibility index (Phi) is 6.77. The topological polar surface area (TPSA) is 129 Å². The molecular weight excluding hydrogens is 378 g/mol. The van der Waals surface area contributed by atoms with E-state index >= 15 is 0 Å². The van der Waals surface area contributed by atoms with Crippen LogP contribution in [-0.4, -0.2) is 98.0 Å². The highest BCUT2D eigenvalue weighted by Crippen LogP contribution is 2.37. The fraction of sp³-hybridized carbons (Fsp3) is 1.00. The summed E-state index contributed by atoms with van der Waals surface area (Å²) in [6, 6.07) is 0. The molecule has 5 N–H and O–H groups in total. The molecule has 2 aliphatic heterocycles. The maximum Gasteiger partial charge on any atom is 0.214 e. The molecule has 0 spiro atoms. The monoisotopic (exact) mass is 396 g/mol. The predicted octanol–water partition coefficient (Wildman–Crippen LogP) is -1.66. The van der Waals surface area contributed by atoms with Crippen LogP contribution < -0.4 is 0 Å². The van der Waals surface area contributed by atoms with Gasteiger partial charge in [0.05, 0.1) is 23.7 Å². The van der Waals surface area contributed by atoms with E-state index in [4.69, 9.17) is 49.0 Å². The van der Waals surface area contributed by atoms with Crippen LogP contribution in [0.3, 0.4) is 0 Å². The molecule has 0 bridgehead atoms. The van der Waals surface area contributed by atoms with Crippen molar-refractivity contribution in [2.45, 2.75) is 54.1 Å². The lowest BCUT2D eigenvalue weighted by Gasteiger charge is -2.43. The zero-order valence-electron chi connectivity index (χ0n) is 11.8. The average Bonchev–Trinajstić information content (AvgIpc) is 2.80. The van der Waals surface area contributed by atoms with Crippen molar-refractivity contribution in [2.75, 3.05) is 18.4 Å². The van der Waals surface area contributed by atoms with E-state index in [-0.39, 0.29) is 5.88 Å². The largest absolute Gasteiger partial charge is 0.394 e. The van der Waals surface area contributed by atoms with Gasteiger partial charge in [0.1, 0.15) is 36.6 Å². The lowest BCUT2D eigenvalue weighted by atomic mass is 10.0. The number of aliphatic hydroxyl groups is 5. The maximum atomic E-state index is 10.1. The molecule has 23 heavy (non-hydrogen) atoms. The number of halogens is 3. The minimum Gasteiger partial charge on any atom is -0.394 e. The summed E-state index contributed by atoms with van der Waals surface area (Å²) in [5, 5.41) is 48.1. The predicted molar refractivity (Wildman–Crippen MR) is 79.5 cm³/mol. The van der Waals surface area contributed by atoms with E-state index < -0.39 is 66.6 Å². The highest BCUT2D eigenvalue weighted by molar-refractivity contribution is 6.21. The fourth-order valence-electron chi connectivity index (χ4n) is 2.56. The Morgan fingerprint density at radius 2 is 1.65 bits per heavy atom. The molecule has 8 nitrogen and oxygen atoms in total. The Morgan fingerprint density at radius 1 is 1.00 bits per heavy atom. The molecule has 0 aliphatic carbocycles. The van der Waals surface area contributed by atoms with Crippen LogP contribution in [0.25, 0.3) is 0 Å². The summed E-state index contributed by atoms with van der Waals surface area (Å²) >= 11 is 17.3. The summed E-state index contributed by atoms with van der Waals surface area (Å²) in [6.07, 6.45) is -9.39. The molecule has 0 aromatic heterocycles. The van der Waals surface area contributed by atoms with Crippen LogP contribution in [0.2, 0.25) is 0 Å². The first-order valence-electron chi connectivity index (χ1n) is 6.91. The molecule has 9 atom stereocenters. The summed E-state index contributed by atoms with van der Waals surface area (Å²) in [4.78, 5) is 0. The molecule has 2 rings (SSSR count). The number of hydrogen-bond acceptors (Lipinski definition) is 8. The average molecular weight is 398 g/mol. The number of alkyl halides is 3. The third kappa shape index (κ3) is 3.58. The molecule has 0 amide bonds. The molecule has 0 saturated carbocycles. The minimum absolute atomic E-state index is 0.125. The van der Waals surface area contributed by atoms with E-state index in [1.807, 2.05) is 0 Å². The molecule has 11 heteroatoms. The second kappa shape index (κ2) is 7.84. The van der Waals surface area contributed by atoms with Crippen LogP contribution in [0.5, 0.6) is 0 Å². The van der Waals surface area contributed by atoms with Crippen LogP contribution in [0, 0.1) is 0 Å². The van der Waals surface area contributed by atoms with Crippen molar-refractivity contribution < 1.29 is 39.7 Å². The van der Waals surface area contributed by atoms with Crippen molar-refractivity contribution in [1.29, 1.82) is 0 Å². The van der Waals surface area contributed by atoms with E-state index in [9.17, 15) is 25.5 Å². The third-order valence-electron chi connectivity index (χ3n) is 3.96. The summed E-state index contributed by atoms with van der Waals surface area (Å²) in [5.41, 5.74) is 0. The normalized spacial score (nSPS) is 51.1. The van der Waals surface area contributed by atoms with Crippen LogP contribution in [0.4, 0.5) is 0 Å². The number of ether oxygens (including phenoxy) is 3. The number of hydrogen-bond donors (Lipinski definition) is 5. The molecule has 0 aromatic rings. The quantitative estimate of drug-likeness (QED) is 0.349. The second-order valence-electron chi connectivity index (χ2n) is 5.46. The van der Waals surface area contributed by atoms with Crippen LogP contribution in [-0.2, 0) is 14.2 Å². The molecular formula is C12H19Cl3O8. The van der Waals surface area contributed by atoms with Gasteiger partial charge < -0.3 is 39.7 Å². The molecule has 0 radical (unpaired) electrons. The van der Waals surface area contributed by atoms with Crippen molar-refractivity contribution in [1.82, 2.24) is 0 Å². The molecule has 0 aromatic carbocycles. The first-order valence-corrected chi connectivity index (χ1v) is 8.42. The first kappa shape index (κ1) is 19.9. The molecule has 2 saturated heterocycles. The zero-order valence-corrected chi connectivity index (χ0v) is 14.1. The van der Waals surface area contributed by atoms with E-state index in [2.05, 4.69) is 0 Å². The first-order chi connectivity index (χ1) is 10.8. The molecule has 136 valence electrons. The van der Waals surface area contributed by atoms with E-state index in [0.29, 0.717) is 0 Å². The SMILES string of the molecule is OCC1O[C@H](O[C@@]2(CCl)O[C@H](CCl)[C@@H](O)[C@H]2O)C(O)[C@@H](O)[C@H]1Cl. The van der Waals surface area contributed by atoms with Gasteiger partial charge in [-0.3, -0.25) is 0 Å². The Labute approximate surface area is 147 Å². The van der Waals surface area contributed by atoms with Gasteiger partial charge in [-0.2, -0.15) is 0 Å². The van der Waals surface area contributed by atoms with Gasteiger partial charge in [-0.15, -0.1) is 34.8 Å². The molecule has 2 fully saturated rings.